The summed E-state index contributed by atoms with van der Waals surface area (Å²) in [5.41, 5.74) is 0.553. The van der Waals surface area contributed by atoms with Gasteiger partial charge < -0.3 is 25.4 Å². The van der Waals surface area contributed by atoms with E-state index in [1.54, 1.807) is 13.2 Å². The lowest BCUT2D eigenvalue weighted by atomic mass is 10.0. The van der Waals surface area contributed by atoms with Crippen LogP contribution in [0.1, 0.15) is 18.6 Å². The third kappa shape index (κ3) is 3.89. The molecular formula is C12H19NO4. The number of aromatic hydroxyl groups is 2. The van der Waals surface area contributed by atoms with Crippen LogP contribution in [0.3, 0.4) is 0 Å². The van der Waals surface area contributed by atoms with E-state index in [1.807, 2.05) is 6.92 Å². The van der Waals surface area contributed by atoms with Gasteiger partial charge in [-0.1, -0.05) is 6.07 Å². The van der Waals surface area contributed by atoms with Crippen molar-refractivity contribution in [2.45, 2.75) is 19.1 Å². The van der Waals surface area contributed by atoms with Gasteiger partial charge in [0, 0.05) is 19.7 Å². The van der Waals surface area contributed by atoms with Crippen molar-refractivity contribution in [2.24, 2.45) is 0 Å². The van der Waals surface area contributed by atoms with Crippen LogP contribution in [0.25, 0.3) is 0 Å². The van der Waals surface area contributed by atoms with Crippen molar-refractivity contribution in [3.8, 4) is 11.5 Å². The summed E-state index contributed by atoms with van der Waals surface area (Å²) in [6.45, 7) is 3.04. The van der Waals surface area contributed by atoms with Crippen molar-refractivity contribution in [1.82, 2.24) is 5.32 Å². The molecule has 0 aliphatic rings. The summed E-state index contributed by atoms with van der Waals surface area (Å²) in [4.78, 5) is 0. The molecule has 0 saturated carbocycles. The summed E-state index contributed by atoms with van der Waals surface area (Å²) in [7, 11) is 1.61. The average molecular weight is 241 g/mol. The summed E-state index contributed by atoms with van der Waals surface area (Å²) in [6, 6.07) is 4.12. The van der Waals surface area contributed by atoms with Crippen LogP contribution < -0.4 is 5.32 Å². The Morgan fingerprint density at radius 2 is 2.00 bits per heavy atom. The monoisotopic (exact) mass is 241 g/mol. The zero-order valence-electron chi connectivity index (χ0n) is 10.1. The van der Waals surface area contributed by atoms with Crippen LogP contribution in [0.4, 0.5) is 0 Å². The molecule has 5 heteroatoms. The molecule has 1 rings (SSSR count). The lowest BCUT2D eigenvalue weighted by molar-refractivity contribution is 0.126. The first-order valence-electron chi connectivity index (χ1n) is 5.48. The highest BCUT2D eigenvalue weighted by Gasteiger charge is 2.16. The summed E-state index contributed by atoms with van der Waals surface area (Å²) >= 11 is 0. The molecule has 96 valence electrons. The Balaban J connectivity index is 2.61. The Labute approximate surface area is 101 Å². The first-order valence-corrected chi connectivity index (χ1v) is 5.48. The van der Waals surface area contributed by atoms with Crippen LogP contribution >= 0.6 is 0 Å². The Morgan fingerprint density at radius 3 is 2.59 bits per heavy atom. The summed E-state index contributed by atoms with van der Waals surface area (Å²) in [5, 5.41) is 31.6. The molecule has 0 aliphatic carbocycles. The highest BCUT2D eigenvalue weighted by Crippen LogP contribution is 2.28. The molecule has 0 radical (unpaired) electrons. The van der Waals surface area contributed by atoms with Crippen molar-refractivity contribution < 1.29 is 20.1 Å². The van der Waals surface area contributed by atoms with E-state index < -0.39 is 6.10 Å². The van der Waals surface area contributed by atoms with Crippen molar-refractivity contribution in [2.75, 3.05) is 20.3 Å². The molecule has 2 unspecified atom stereocenters. The maximum absolute atomic E-state index is 10.0. The largest absolute Gasteiger partial charge is 0.504 e. The van der Waals surface area contributed by atoms with Gasteiger partial charge in [0.25, 0.3) is 0 Å². The number of aliphatic hydroxyl groups excluding tert-OH is 1. The van der Waals surface area contributed by atoms with Gasteiger partial charge in [-0.05, 0) is 24.6 Å². The molecule has 0 fully saturated rings. The second kappa shape index (κ2) is 6.44. The molecule has 1 aromatic carbocycles. The fourth-order valence-electron chi connectivity index (χ4n) is 1.51. The molecule has 2 atom stereocenters. The first-order chi connectivity index (χ1) is 8.06. The molecular weight excluding hydrogens is 222 g/mol. The molecule has 4 N–H and O–H groups in total. The molecule has 0 bridgehead atoms. The standard InChI is InChI=1S/C12H19NO4/c1-8(13-5-6-17-2)12(16)9-3-4-10(14)11(15)7-9/h3-4,7-8,12-16H,5-6H2,1-2H3. The van der Waals surface area contributed by atoms with Gasteiger partial charge in [0.05, 0.1) is 12.7 Å². The van der Waals surface area contributed by atoms with Crippen molar-refractivity contribution in [3.05, 3.63) is 23.8 Å². The zero-order chi connectivity index (χ0) is 12.8. The van der Waals surface area contributed by atoms with E-state index in [1.165, 1.54) is 12.1 Å². The lowest BCUT2D eigenvalue weighted by Gasteiger charge is -2.20. The average Bonchev–Trinajstić information content (AvgIpc) is 2.32. The fourth-order valence-corrected chi connectivity index (χ4v) is 1.51. The molecule has 5 nitrogen and oxygen atoms in total. The van der Waals surface area contributed by atoms with Crippen LogP contribution in [0, 0.1) is 0 Å². The minimum Gasteiger partial charge on any atom is -0.504 e. The van der Waals surface area contributed by atoms with Crippen LogP contribution in [0.15, 0.2) is 18.2 Å². The van der Waals surface area contributed by atoms with E-state index in [4.69, 9.17) is 4.74 Å². The van der Waals surface area contributed by atoms with Crippen LogP contribution in [-0.2, 0) is 4.74 Å². The molecule has 0 aromatic heterocycles. The Morgan fingerprint density at radius 1 is 1.29 bits per heavy atom. The van der Waals surface area contributed by atoms with Crippen LogP contribution in [-0.4, -0.2) is 41.6 Å². The van der Waals surface area contributed by atoms with Gasteiger partial charge in [-0.15, -0.1) is 0 Å². The minimum atomic E-state index is -0.752. The van der Waals surface area contributed by atoms with Crippen LogP contribution in [0.5, 0.6) is 11.5 Å². The molecule has 0 saturated heterocycles. The number of nitrogens with one attached hydrogen (secondary N) is 1. The van der Waals surface area contributed by atoms with Crippen molar-refractivity contribution in [3.63, 3.8) is 0 Å². The van der Waals surface area contributed by atoms with Crippen LogP contribution in [0.2, 0.25) is 0 Å². The van der Waals surface area contributed by atoms with Gasteiger partial charge in [-0.2, -0.15) is 0 Å². The zero-order valence-corrected chi connectivity index (χ0v) is 10.1. The minimum absolute atomic E-state index is 0.172. The number of methoxy groups -OCH3 is 1. The third-order valence-corrected chi connectivity index (χ3v) is 2.59. The number of ether oxygens (including phenoxy) is 1. The Hall–Kier alpha value is -1.30. The van der Waals surface area contributed by atoms with Gasteiger partial charge >= 0.3 is 0 Å². The predicted octanol–water partition coefficient (Wildman–Crippen LogP) is 0.756. The first kappa shape index (κ1) is 13.8. The van der Waals surface area contributed by atoms with E-state index >= 15 is 0 Å². The predicted molar refractivity (Wildman–Crippen MR) is 64.1 cm³/mol. The summed E-state index contributed by atoms with van der Waals surface area (Å²) in [5.74, 6) is -0.424. The number of benzene rings is 1. The van der Waals surface area contributed by atoms with Crippen molar-refractivity contribution >= 4 is 0 Å². The molecule has 1 aromatic rings. The number of rotatable bonds is 6. The number of aliphatic hydroxyl groups is 1. The molecule has 17 heavy (non-hydrogen) atoms. The second-order valence-corrected chi connectivity index (χ2v) is 3.93. The SMILES string of the molecule is COCCNC(C)C(O)c1ccc(O)c(O)c1. The normalized spacial score (nSPS) is 14.5. The highest BCUT2D eigenvalue weighted by molar-refractivity contribution is 5.41. The molecule has 0 amide bonds. The van der Waals surface area contributed by atoms with E-state index in [9.17, 15) is 15.3 Å². The second-order valence-electron chi connectivity index (χ2n) is 3.93. The van der Waals surface area contributed by atoms with E-state index in [0.717, 1.165) is 0 Å². The number of phenolic OH excluding ortho intramolecular Hbond substituents is 2. The third-order valence-electron chi connectivity index (χ3n) is 2.59. The Bertz CT molecular complexity index is 356. The number of hydrogen-bond donors (Lipinski definition) is 4. The van der Waals surface area contributed by atoms with Gasteiger partial charge in [-0.25, -0.2) is 0 Å². The smallest absolute Gasteiger partial charge is 0.157 e. The topological polar surface area (TPSA) is 82.0 Å². The Kier molecular flexibility index (Phi) is 5.21. The summed E-state index contributed by atoms with van der Waals surface area (Å²) in [6.07, 6.45) is -0.752. The van der Waals surface area contributed by atoms with Gasteiger partial charge in [-0.3, -0.25) is 0 Å². The molecule has 0 heterocycles. The van der Waals surface area contributed by atoms with Gasteiger partial charge in [0.15, 0.2) is 11.5 Å². The van der Waals surface area contributed by atoms with E-state index in [2.05, 4.69) is 5.32 Å². The maximum atomic E-state index is 10.0. The van der Waals surface area contributed by atoms with Gasteiger partial charge in [0.2, 0.25) is 0 Å². The summed E-state index contributed by atoms with van der Waals surface area (Å²) < 4.78 is 4.90. The number of phenols is 2. The fraction of sp³-hybridized carbons (Fsp3) is 0.500. The van der Waals surface area contributed by atoms with E-state index in [0.29, 0.717) is 18.7 Å². The lowest BCUT2D eigenvalue weighted by Crippen LogP contribution is -2.34. The maximum Gasteiger partial charge on any atom is 0.157 e. The molecule has 0 aliphatic heterocycles. The van der Waals surface area contributed by atoms with Crippen molar-refractivity contribution in [1.29, 1.82) is 0 Å². The quantitative estimate of drug-likeness (QED) is 0.436. The molecule has 0 spiro atoms. The number of hydrogen-bond acceptors (Lipinski definition) is 5. The van der Waals surface area contributed by atoms with E-state index in [-0.39, 0.29) is 17.5 Å². The van der Waals surface area contributed by atoms with Gasteiger partial charge in [0.1, 0.15) is 0 Å². The highest BCUT2D eigenvalue weighted by atomic mass is 16.5.